The molecule has 0 unspecified atom stereocenters. The summed E-state index contributed by atoms with van der Waals surface area (Å²) in [5, 5.41) is 7.60. The first-order valence-corrected chi connectivity index (χ1v) is 14.5. The van der Waals surface area contributed by atoms with Crippen LogP contribution in [0.1, 0.15) is 52.8 Å². The smallest absolute Gasteiger partial charge is 0.276 e. The maximum absolute atomic E-state index is 13.6. The van der Waals surface area contributed by atoms with Crippen molar-refractivity contribution in [3.63, 3.8) is 0 Å². The van der Waals surface area contributed by atoms with Crippen molar-refractivity contribution >= 4 is 27.3 Å². The van der Waals surface area contributed by atoms with Crippen LogP contribution in [0.5, 0.6) is 0 Å². The van der Waals surface area contributed by atoms with E-state index in [1.54, 1.807) is 23.6 Å². The van der Waals surface area contributed by atoms with Crippen LogP contribution >= 0.6 is 0 Å². The van der Waals surface area contributed by atoms with Crippen LogP contribution in [0.25, 0.3) is 16.8 Å². The average molecular weight is 548 g/mol. The Balaban J connectivity index is 1.63. The molecule has 2 aromatic heterocycles. The van der Waals surface area contributed by atoms with E-state index in [4.69, 9.17) is 9.72 Å². The van der Waals surface area contributed by atoms with Gasteiger partial charge in [-0.3, -0.25) is 4.79 Å². The lowest BCUT2D eigenvalue weighted by Gasteiger charge is -2.26. The lowest BCUT2D eigenvalue weighted by atomic mass is 10.0. The van der Waals surface area contributed by atoms with Gasteiger partial charge in [0.15, 0.2) is 11.3 Å². The quantitative estimate of drug-likeness (QED) is 0.375. The van der Waals surface area contributed by atoms with Gasteiger partial charge in [0, 0.05) is 30.2 Å². The monoisotopic (exact) mass is 547 g/mol. The predicted molar refractivity (Wildman–Crippen MR) is 151 cm³/mol. The molecule has 0 saturated carbocycles. The number of fused-ring (bicyclic) bond motifs is 1. The summed E-state index contributed by atoms with van der Waals surface area (Å²) in [4.78, 5) is 18.5. The van der Waals surface area contributed by atoms with E-state index in [0.29, 0.717) is 60.2 Å². The average Bonchev–Trinajstić information content (AvgIpc) is 3.29. The summed E-state index contributed by atoms with van der Waals surface area (Å²) in [6.07, 6.45) is 0. The first kappa shape index (κ1) is 27.0. The predicted octanol–water partition coefficient (Wildman–Crippen LogP) is 4.72. The molecule has 1 aliphatic rings. The second kappa shape index (κ2) is 10.5. The molecule has 1 aliphatic heterocycles. The van der Waals surface area contributed by atoms with E-state index in [1.807, 2.05) is 50.2 Å². The molecule has 3 heterocycles. The highest BCUT2D eigenvalue weighted by Gasteiger charge is 2.30. The molecule has 4 aromatic rings. The number of nitrogens with one attached hydrogen (secondary N) is 1. The van der Waals surface area contributed by atoms with E-state index in [1.165, 1.54) is 9.87 Å². The number of hydrogen-bond acceptors (Lipinski definition) is 6. The second-order valence-corrected chi connectivity index (χ2v) is 12.1. The number of anilines is 1. The molecule has 2 aromatic carbocycles. The Hall–Kier alpha value is -3.60. The Kier molecular flexibility index (Phi) is 7.28. The Morgan fingerprint density at radius 1 is 1.00 bits per heavy atom. The highest BCUT2D eigenvalue weighted by atomic mass is 32.2. The molecular weight excluding hydrogens is 514 g/mol. The zero-order valence-corrected chi connectivity index (χ0v) is 23.7. The number of aryl methyl sites for hydroxylation is 3. The normalized spacial score (nSPS) is 14.7. The molecule has 0 aliphatic carbocycles. The van der Waals surface area contributed by atoms with Crippen LogP contribution in [-0.2, 0) is 14.8 Å². The molecule has 1 fully saturated rings. The fourth-order valence-electron chi connectivity index (χ4n) is 4.85. The van der Waals surface area contributed by atoms with Gasteiger partial charge in [-0.2, -0.15) is 9.40 Å². The molecule has 0 atom stereocenters. The van der Waals surface area contributed by atoms with Crippen LogP contribution in [0.4, 0.5) is 5.69 Å². The number of morpholine rings is 1. The minimum atomic E-state index is -3.76. The summed E-state index contributed by atoms with van der Waals surface area (Å²) in [5.41, 5.74) is 5.72. The number of benzene rings is 2. The van der Waals surface area contributed by atoms with Crippen LogP contribution in [-0.4, -0.2) is 59.5 Å². The van der Waals surface area contributed by atoms with Crippen LogP contribution in [0.3, 0.4) is 0 Å². The number of aromatic nitrogens is 3. The minimum absolute atomic E-state index is 0.169. The van der Waals surface area contributed by atoms with Crippen LogP contribution in [0, 0.1) is 20.8 Å². The van der Waals surface area contributed by atoms with Crippen molar-refractivity contribution < 1.29 is 17.9 Å². The standard InChI is InChI=1S/C29H33N5O4S/c1-18(2)22-8-10-24(11-9-22)31-29(35)27-26(28-30-20(4)16-21(5)34(28)32-27)23-7-6-19(3)25(17-23)39(36,37)33-12-14-38-15-13-33/h6-11,16-18H,12-15H2,1-5H3,(H,31,35). The van der Waals surface area contributed by atoms with Gasteiger partial charge in [0.2, 0.25) is 10.0 Å². The van der Waals surface area contributed by atoms with Crippen molar-refractivity contribution in [3.8, 4) is 11.1 Å². The Morgan fingerprint density at radius 2 is 1.69 bits per heavy atom. The number of hydrogen-bond donors (Lipinski definition) is 1. The fourth-order valence-corrected chi connectivity index (χ4v) is 6.51. The number of carbonyl (C=O) groups is 1. The van der Waals surface area contributed by atoms with Gasteiger partial charge < -0.3 is 10.1 Å². The molecule has 5 rings (SSSR count). The van der Waals surface area contributed by atoms with Crippen molar-refractivity contribution in [2.24, 2.45) is 0 Å². The van der Waals surface area contributed by atoms with E-state index in [0.717, 1.165) is 11.4 Å². The van der Waals surface area contributed by atoms with Gasteiger partial charge in [-0.1, -0.05) is 38.1 Å². The zero-order chi connectivity index (χ0) is 27.9. The Morgan fingerprint density at radius 3 is 2.36 bits per heavy atom. The zero-order valence-electron chi connectivity index (χ0n) is 22.9. The second-order valence-electron chi connectivity index (χ2n) is 10.2. The molecule has 1 N–H and O–H groups in total. The van der Waals surface area contributed by atoms with Gasteiger partial charge in [0.05, 0.1) is 23.7 Å². The third kappa shape index (κ3) is 5.19. The summed E-state index contributed by atoms with van der Waals surface area (Å²) in [7, 11) is -3.76. The Labute approximate surface area is 228 Å². The highest BCUT2D eigenvalue weighted by Crippen LogP contribution is 2.33. The van der Waals surface area contributed by atoms with Crippen LogP contribution in [0.2, 0.25) is 0 Å². The lowest BCUT2D eigenvalue weighted by Crippen LogP contribution is -2.40. The highest BCUT2D eigenvalue weighted by molar-refractivity contribution is 7.89. The van der Waals surface area contributed by atoms with Crippen molar-refractivity contribution in [1.82, 2.24) is 18.9 Å². The van der Waals surface area contributed by atoms with E-state index in [2.05, 4.69) is 24.3 Å². The van der Waals surface area contributed by atoms with E-state index in [-0.39, 0.29) is 10.6 Å². The molecule has 9 nitrogen and oxygen atoms in total. The number of carbonyl (C=O) groups excluding carboxylic acids is 1. The molecule has 1 saturated heterocycles. The summed E-state index contributed by atoms with van der Waals surface area (Å²) in [5.74, 6) is -0.0235. The van der Waals surface area contributed by atoms with Gasteiger partial charge >= 0.3 is 0 Å². The van der Waals surface area contributed by atoms with Gasteiger partial charge in [-0.15, -0.1) is 0 Å². The molecule has 39 heavy (non-hydrogen) atoms. The number of nitrogens with zero attached hydrogens (tertiary/aromatic N) is 4. The number of amides is 1. The van der Waals surface area contributed by atoms with Crippen molar-refractivity contribution in [2.45, 2.75) is 45.4 Å². The summed E-state index contributed by atoms with van der Waals surface area (Å²) in [6, 6.07) is 14.8. The van der Waals surface area contributed by atoms with E-state index < -0.39 is 15.9 Å². The minimum Gasteiger partial charge on any atom is -0.379 e. The molecule has 10 heteroatoms. The van der Waals surface area contributed by atoms with E-state index in [9.17, 15) is 13.2 Å². The SMILES string of the molecule is Cc1cc(C)n2nc(C(=O)Nc3ccc(C(C)C)cc3)c(-c3ccc(C)c(S(=O)(=O)N4CCOCC4)c3)c2n1. The number of rotatable bonds is 6. The molecular formula is C29H33N5O4S. The molecule has 0 radical (unpaired) electrons. The van der Waals surface area contributed by atoms with Gasteiger partial charge in [-0.05, 0) is 67.6 Å². The molecule has 0 spiro atoms. The molecule has 0 bridgehead atoms. The molecule has 1 amide bonds. The Bertz CT molecular complexity index is 1650. The maximum Gasteiger partial charge on any atom is 0.276 e. The third-order valence-electron chi connectivity index (χ3n) is 7.01. The van der Waals surface area contributed by atoms with Gasteiger partial charge in [0.1, 0.15) is 0 Å². The maximum atomic E-state index is 13.6. The summed E-state index contributed by atoms with van der Waals surface area (Å²) >= 11 is 0. The van der Waals surface area contributed by atoms with E-state index >= 15 is 0 Å². The lowest BCUT2D eigenvalue weighted by molar-refractivity contribution is 0.0730. The largest absolute Gasteiger partial charge is 0.379 e. The first-order valence-electron chi connectivity index (χ1n) is 13.0. The van der Waals surface area contributed by atoms with Gasteiger partial charge in [0.25, 0.3) is 5.91 Å². The van der Waals surface area contributed by atoms with Crippen molar-refractivity contribution in [3.05, 3.63) is 76.7 Å². The number of sulfonamides is 1. The first-order chi connectivity index (χ1) is 18.6. The van der Waals surface area contributed by atoms with Gasteiger partial charge in [-0.25, -0.2) is 17.9 Å². The van der Waals surface area contributed by atoms with Crippen LogP contribution < -0.4 is 5.32 Å². The van der Waals surface area contributed by atoms with Crippen LogP contribution in [0.15, 0.2) is 53.4 Å². The topological polar surface area (TPSA) is 106 Å². The fraction of sp³-hybridized carbons (Fsp3) is 0.345. The van der Waals surface area contributed by atoms with Crippen molar-refractivity contribution in [2.75, 3.05) is 31.6 Å². The summed E-state index contributed by atoms with van der Waals surface area (Å²) < 4.78 is 35.6. The molecule has 204 valence electrons. The third-order valence-corrected chi connectivity index (χ3v) is 9.05. The number of ether oxygens (including phenoxy) is 1. The summed E-state index contributed by atoms with van der Waals surface area (Å²) in [6.45, 7) is 11.1. The van der Waals surface area contributed by atoms with Crippen molar-refractivity contribution in [1.29, 1.82) is 0 Å².